The molecule has 0 saturated carbocycles. The van der Waals surface area contributed by atoms with E-state index in [-0.39, 0.29) is 11.9 Å². The van der Waals surface area contributed by atoms with E-state index in [4.69, 9.17) is 4.52 Å². The standard InChI is InChI=1S/C10H16N4O2/c1-7-12-10(16-14-7)4-5-11-6-8-2-3-9(15)13-8/h8,11H,2-6H2,1H3,(H,13,15). The Labute approximate surface area is 93.8 Å². The normalized spacial score (nSPS) is 20.1. The van der Waals surface area contributed by atoms with Gasteiger partial charge in [0.1, 0.15) is 0 Å². The van der Waals surface area contributed by atoms with Gasteiger partial charge in [-0.1, -0.05) is 5.16 Å². The van der Waals surface area contributed by atoms with Crippen molar-refractivity contribution in [2.24, 2.45) is 0 Å². The molecule has 1 fully saturated rings. The maximum absolute atomic E-state index is 10.9. The van der Waals surface area contributed by atoms with Crippen molar-refractivity contribution < 1.29 is 9.32 Å². The Hall–Kier alpha value is -1.43. The van der Waals surface area contributed by atoms with Crippen molar-refractivity contribution in [3.05, 3.63) is 11.7 Å². The molecule has 16 heavy (non-hydrogen) atoms. The lowest BCUT2D eigenvalue weighted by atomic mass is 10.2. The Morgan fingerprint density at radius 1 is 1.62 bits per heavy atom. The smallest absolute Gasteiger partial charge is 0.227 e. The summed E-state index contributed by atoms with van der Waals surface area (Å²) in [4.78, 5) is 15.0. The second-order valence-corrected chi connectivity index (χ2v) is 3.99. The number of carbonyl (C=O) groups excluding carboxylic acids is 1. The Bertz CT molecular complexity index is 363. The van der Waals surface area contributed by atoms with Crippen LogP contribution in [-0.4, -0.2) is 35.2 Å². The highest BCUT2D eigenvalue weighted by atomic mass is 16.5. The molecule has 2 N–H and O–H groups in total. The van der Waals surface area contributed by atoms with E-state index >= 15 is 0 Å². The first kappa shape index (κ1) is 11.1. The average molecular weight is 224 g/mol. The van der Waals surface area contributed by atoms with E-state index in [0.29, 0.717) is 18.1 Å². The number of hydrogen-bond donors (Lipinski definition) is 2. The van der Waals surface area contributed by atoms with Crippen LogP contribution in [0.5, 0.6) is 0 Å². The molecule has 1 aromatic rings. The summed E-state index contributed by atoms with van der Waals surface area (Å²) >= 11 is 0. The second kappa shape index (κ2) is 5.07. The van der Waals surface area contributed by atoms with Gasteiger partial charge in [0.05, 0.1) is 0 Å². The van der Waals surface area contributed by atoms with Crippen molar-refractivity contribution in [2.45, 2.75) is 32.2 Å². The highest BCUT2D eigenvalue weighted by molar-refractivity contribution is 5.78. The maximum atomic E-state index is 10.9. The van der Waals surface area contributed by atoms with Gasteiger partial charge in [-0.05, 0) is 13.3 Å². The van der Waals surface area contributed by atoms with Crippen LogP contribution in [0.4, 0.5) is 0 Å². The van der Waals surface area contributed by atoms with Crippen molar-refractivity contribution in [3.8, 4) is 0 Å². The van der Waals surface area contributed by atoms with Crippen molar-refractivity contribution in [1.82, 2.24) is 20.8 Å². The lowest BCUT2D eigenvalue weighted by molar-refractivity contribution is -0.119. The molecule has 6 nitrogen and oxygen atoms in total. The minimum atomic E-state index is 0.152. The number of carbonyl (C=O) groups is 1. The number of amides is 1. The molecule has 1 amide bonds. The molecule has 1 saturated heterocycles. The van der Waals surface area contributed by atoms with Gasteiger partial charge in [0, 0.05) is 32.0 Å². The van der Waals surface area contributed by atoms with E-state index in [9.17, 15) is 4.79 Å². The van der Waals surface area contributed by atoms with Crippen molar-refractivity contribution in [1.29, 1.82) is 0 Å². The SMILES string of the molecule is Cc1noc(CCNCC2CCC(=O)N2)n1. The van der Waals surface area contributed by atoms with Gasteiger partial charge in [0.15, 0.2) is 5.82 Å². The highest BCUT2D eigenvalue weighted by Gasteiger charge is 2.19. The van der Waals surface area contributed by atoms with Gasteiger partial charge >= 0.3 is 0 Å². The van der Waals surface area contributed by atoms with E-state index in [1.807, 2.05) is 0 Å². The van der Waals surface area contributed by atoms with E-state index in [0.717, 1.165) is 25.9 Å². The molecule has 2 rings (SSSR count). The number of rotatable bonds is 5. The maximum Gasteiger partial charge on any atom is 0.227 e. The van der Waals surface area contributed by atoms with Crippen LogP contribution in [0.3, 0.4) is 0 Å². The number of nitrogens with one attached hydrogen (secondary N) is 2. The quantitative estimate of drug-likeness (QED) is 0.676. The van der Waals surface area contributed by atoms with Crippen LogP contribution in [0, 0.1) is 6.92 Å². The van der Waals surface area contributed by atoms with Crippen LogP contribution >= 0.6 is 0 Å². The fraction of sp³-hybridized carbons (Fsp3) is 0.700. The number of nitrogens with zero attached hydrogens (tertiary/aromatic N) is 2. The van der Waals surface area contributed by atoms with Crippen LogP contribution in [0.1, 0.15) is 24.6 Å². The average Bonchev–Trinajstić information content (AvgIpc) is 2.83. The van der Waals surface area contributed by atoms with Crippen LogP contribution in [-0.2, 0) is 11.2 Å². The molecule has 2 heterocycles. The van der Waals surface area contributed by atoms with Crippen molar-refractivity contribution >= 4 is 5.91 Å². The predicted octanol–water partition coefficient (Wildman–Crippen LogP) is -0.211. The molecular formula is C10H16N4O2. The zero-order chi connectivity index (χ0) is 11.4. The molecule has 0 aromatic carbocycles. The Morgan fingerprint density at radius 2 is 2.50 bits per heavy atom. The first-order valence-corrected chi connectivity index (χ1v) is 5.53. The van der Waals surface area contributed by atoms with Crippen LogP contribution in [0.2, 0.25) is 0 Å². The molecule has 1 unspecified atom stereocenters. The topological polar surface area (TPSA) is 80.0 Å². The van der Waals surface area contributed by atoms with Gasteiger partial charge in [-0.3, -0.25) is 4.79 Å². The molecule has 0 radical (unpaired) electrons. The monoisotopic (exact) mass is 224 g/mol. The van der Waals surface area contributed by atoms with Gasteiger partial charge in [0.2, 0.25) is 11.8 Å². The van der Waals surface area contributed by atoms with E-state index in [2.05, 4.69) is 20.8 Å². The van der Waals surface area contributed by atoms with Gasteiger partial charge in [-0.25, -0.2) is 0 Å². The third kappa shape index (κ3) is 3.03. The van der Waals surface area contributed by atoms with Crippen LogP contribution < -0.4 is 10.6 Å². The number of hydrogen-bond acceptors (Lipinski definition) is 5. The first-order chi connectivity index (χ1) is 7.74. The summed E-state index contributed by atoms with van der Waals surface area (Å²) in [5.41, 5.74) is 0. The molecule has 88 valence electrons. The fourth-order valence-electron chi connectivity index (χ4n) is 1.74. The summed E-state index contributed by atoms with van der Waals surface area (Å²) in [6.07, 6.45) is 2.29. The summed E-state index contributed by atoms with van der Waals surface area (Å²) in [6.45, 7) is 3.39. The van der Waals surface area contributed by atoms with E-state index in [1.165, 1.54) is 0 Å². The number of aromatic nitrogens is 2. The van der Waals surface area contributed by atoms with Crippen LogP contribution in [0.25, 0.3) is 0 Å². The molecule has 1 aromatic heterocycles. The molecule has 6 heteroatoms. The Balaban J connectivity index is 1.60. The third-order valence-electron chi connectivity index (χ3n) is 2.56. The molecule has 1 atom stereocenters. The van der Waals surface area contributed by atoms with Crippen molar-refractivity contribution in [3.63, 3.8) is 0 Å². The van der Waals surface area contributed by atoms with Gasteiger partial charge in [-0.15, -0.1) is 0 Å². The zero-order valence-corrected chi connectivity index (χ0v) is 9.32. The summed E-state index contributed by atoms with van der Waals surface area (Å²) < 4.78 is 4.98. The van der Waals surface area contributed by atoms with Gasteiger partial charge in [-0.2, -0.15) is 4.98 Å². The highest BCUT2D eigenvalue weighted by Crippen LogP contribution is 2.04. The summed E-state index contributed by atoms with van der Waals surface area (Å²) in [5.74, 6) is 1.47. The molecular weight excluding hydrogens is 208 g/mol. The molecule has 1 aliphatic heterocycles. The third-order valence-corrected chi connectivity index (χ3v) is 2.56. The molecule has 1 aliphatic rings. The minimum Gasteiger partial charge on any atom is -0.352 e. The molecule has 0 bridgehead atoms. The lowest BCUT2D eigenvalue weighted by Crippen LogP contribution is -2.36. The largest absolute Gasteiger partial charge is 0.352 e. The Morgan fingerprint density at radius 3 is 3.12 bits per heavy atom. The van der Waals surface area contributed by atoms with E-state index < -0.39 is 0 Å². The zero-order valence-electron chi connectivity index (χ0n) is 9.32. The predicted molar refractivity (Wildman–Crippen MR) is 56.8 cm³/mol. The molecule has 0 aliphatic carbocycles. The Kier molecular flexibility index (Phi) is 3.51. The fourth-order valence-corrected chi connectivity index (χ4v) is 1.74. The summed E-state index contributed by atoms with van der Waals surface area (Å²) in [7, 11) is 0. The second-order valence-electron chi connectivity index (χ2n) is 3.99. The lowest BCUT2D eigenvalue weighted by Gasteiger charge is -2.09. The van der Waals surface area contributed by atoms with Crippen LogP contribution in [0.15, 0.2) is 4.52 Å². The number of aryl methyl sites for hydroxylation is 1. The first-order valence-electron chi connectivity index (χ1n) is 5.53. The van der Waals surface area contributed by atoms with Gasteiger partial charge < -0.3 is 15.2 Å². The van der Waals surface area contributed by atoms with E-state index in [1.54, 1.807) is 6.92 Å². The summed E-state index contributed by atoms with van der Waals surface area (Å²) in [6, 6.07) is 0.275. The summed E-state index contributed by atoms with van der Waals surface area (Å²) in [5, 5.41) is 9.88. The van der Waals surface area contributed by atoms with Crippen molar-refractivity contribution in [2.75, 3.05) is 13.1 Å². The molecule has 0 spiro atoms. The van der Waals surface area contributed by atoms with Gasteiger partial charge in [0.25, 0.3) is 0 Å². The minimum absolute atomic E-state index is 0.152.